The number of anilines is 1. The van der Waals surface area contributed by atoms with Gasteiger partial charge in [-0.2, -0.15) is 0 Å². The number of hydrogen-bond acceptors (Lipinski definition) is 2. The summed E-state index contributed by atoms with van der Waals surface area (Å²) in [7, 11) is 0. The lowest BCUT2D eigenvalue weighted by Gasteiger charge is -2.07. The zero-order valence-electron chi connectivity index (χ0n) is 11.8. The van der Waals surface area contributed by atoms with E-state index < -0.39 is 5.82 Å². The van der Waals surface area contributed by atoms with E-state index in [9.17, 15) is 14.0 Å². The van der Waals surface area contributed by atoms with Crippen LogP contribution in [0.5, 0.6) is 0 Å². The lowest BCUT2D eigenvalue weighted by Crippen LogP contribution is -2.22. The number of benzene rings is 2. The van der Waals surface area contributed by atoms with Gasteiger partial charge in [0.25, 0.3) is 5.91 Å². The highest BCUT2D eigenvalue weighted by Crippen LogP contribution is 2.16. The van der Waals surface area contributed by atoms with E-state index in [0.717, 1.165) is 0 Å². The van der Waals surface area contributed by atoms with Crippen molar-refractivity contribution in [3.05, 3.63) is 64.4 Å². The van der Waals surface area contributed by atoms with Crippen molar-refractivity contribution in [1.29, 1.82) is 0 Å². The number of amides is 2. The molecule has 0 radical (unpaired) electrons. The second-order valence-corrected chi connectivity index (χ2v) is 5.10. The molecule has 0 saturated heterocycles. The second kappa shape index (κ2) is 7.04. The third-order valence-corrected chi connectivity index (χ3v) is 3.19. The number of halogens is 2. The summed E-state index contributed by atoms with van der Waals surface area (Å²) in [4.78, 5) is 22.9. The Morgan fingerprint density at radius 2 is 1.82 bits per heavy atom. The topological polar surface area (TPSA) is 58.2 Å². The van der Waals surface area contributed by atoms with Gasteiger partial charge in [-0.15, -0.1) is 0 Å². The molecule has 0 unspecified atom stereocenters. The zero-order chi connectivity index (χ0) is 16.1. The molecule has 0 heterocycles. The molecule has 0 aromatic heterocycles. The summed E-state index contributed by atoms with van der Waals surface area (Å²) in [5.41, 5.74) is 1.78. The first-order valence-corrected chi connectivity index (χ1v) is 6.93. The van der Waals surface area contributed by atoms with E-state index in [1.165, 1.54) is 19.1 Å². The Hall–Kier alpha value is -2.40. The molecule has 0 atom stereocenters. The van der Waals surface area contributed by atoms with Crippen LogP contribution in [0.2, 0.25) is 5.02 Å². The maximum atomic E-state index is 13.0. The van der Waals surface area contributed by atoms with Crippen LogP contribution in [0.1, 0.15) is 22.8 Å². The van der Waals surface area contributed by atoms with E-state index in [1.807, 2.05) is 0 Å². The SMILES string of the molecule is CC(=O)Nc1ccc(C(=O)NCc2ccc(F)c(Cl)c2)cc1. The van der Waals surface area contributed by atoms with Gasteiger partial charge in [-0.25, -0.2) is 4.39 Å². The summed E-state index contributed by atoms with van der Waals surface area (Å²) >= 11 is 5.68. The van der Waals surface area contributed by atoms with Crippen molar-refractivity contribution in [3.8, 4) is 0 Å². The number of hydrogen-bond donors (Lipinski definition) is 2. The van der Waals surface area contributed by atoms with E-state index in [4.69, 9.17) is 11.6 Å². The van der Waals surface area contributed by atoms with Crippen molar-refractivity contribution in [2.45, 2.75) is 13.5 Å². The van der Waals surface area contributed by atoms with E-state index in [1.54, 1.807) is 30.3 Å². The highest BCUT2D eigenvalue weighted by molar-refractivity contribution is 6.30. The number of carbonyl (C=O) groups excluding carboxylic acids is 2. The Bertz CT molecular complexity index is 702. The van der Waals surface area contributed by atoms with E-state index in [0.29, 0.717) is 16.8 Å². The van der Waals surface area contributed by atoms with Crippen LogP contribution < -0.4 is 10.6 Å². The molecule has 0 aliphatic heterocycles. The van der Waals surface area contributed by atoms with Crippen LogP contribution in [-0.2, 0) is 11.3 Å². The summed E-state index contributed by atoms with van der Waals surface area (Å²) < 4.78 is 13.0. The Morgan fingerprint density at radius 1 is 1.14 bits per heavy atom. The molecule has 0 saturated carbocycles. The Kier molecular flexibility index (Phi) is 5.12. The van der Waals surface area contributed by atoms with Gasteiger partial charge >= 0.3 is 0 Å². The first kappa shape index (κ1) is 16.0. The fourth-order valence-electron chi connectivity index (χ4n) is 1.84. The minimum atomic E-state index is -0.495. The van der Waals surface area contributed by atoms with Crippen LogP contribution in [0.25, 0.3) is 0 Å². The molecule has 2 aromatic rings. The standard InChI is InChI=1S/C16H14ClFN2O2/c1-10(21)20-13-5-3-12(4-6-13)16(22)19-9-11-2-7-15(18)14(17)8-11/h2-8H,9H2,1H3,(H,19,22)(H,20,21). The fourth-order valence-corrected chi connectivity index (χ4v) is 2.05. The summed E-state index contributed by atoms with van der Waals surface area (Å²) in [5, 5.41) is 5.35. The Balaban J connectivity index is 1.96. The molecular formula is C16H14ClFN2O2. The van der Waals surface area contributed by atoms with Crippen LogP contribution in [0, 0.1) is 5.82 Å². The highest BCUT2D eigenvalue weighted by Gasteiger charge is 2.07. The lowest BCUT2D eigenvalue weighted by atomic mass is 10.1. The third-order valence-electron chi connectivity index (χ3n) is 2.90. The third kappa shape index (κ3) is 4.30. The molecule has 0 spiro atoms. The molecule has 114 valence electrons. The van der Waals surface area contributed by atoms with Gasteiger partial charge in [0.15, 0.2) is 0 Å². The molecule has 2 amide bonds. The van der Waals surface area contributed by atoms with E-state index >= 15 is 0 Å². The van der Waals surface area contributed by atoms with Crippen LogP contribution in [0.15, 0.2) is 42.5 Å². The Morgan fingerprint density at radius 3 is 2.41 bits per heavy atom. The maximum Gasteiger partial charge on any atom is 0.251 e. The molecule has 2 rings (SSSR count). The maximum absolute atomic E-state index is 13.0. The van der Waals surface area contributed by atoms with Crippen molar-refractivity contribution in [2.24, 2.45) is 0 Å². The summed E-state index contributed by atoms with van der Waals surface area (Å²) in [6.45, 7) is 1.65. The average molecular weight is 321 g/mol. The number of nitrogens with one attached hydrogen (secondary N) is 2. The minimum absolute atomic E-state index is 0.0198. The van der Waals surface area contributed by atoms with Gasteiger partial charge in [-0.3, -0.25) is 9.59 Å². The van der Waals surface area contributed by atoms with Crippen LogP contribution in [0.3, 0.4) is 0 Å². The monoisotopic (exact) mass is 320 g/mol. The summed E-state index contributed by atoms with van der Waals surface area (Å²) in [6, 6.07) is 10.8. The summed E-state index contributed by atoms with van der Waals surface area (Å²) in [6.07, 6.45) is 0. The first-order valence-electron chi connectivity index (χ1n) is 6.55. The lowest BCUT2D eigenvalue weighted by molar-refractivity contribution is -0.114. The first-order chi connectivity index (χ1) is 10.5. The van der Waals surface area contributed by atoms with Gasteiger partial charge in [-0.1, -0.05) is 17.7 Å². The van der Waals surface area contributed by atoms with Crippen molar-refractivity contribution < 1.29 is 14.0 Å². The van der Waals surface area contributed by atoms with Crippen LogP contribution in [-0.4, -0.2) is 11.8 Å². The predicted molar refractivity (Wildman–Crippen MR) is 83.3 cm³/mol. The van der Waals surface area contributed by atoms with Crippen molar-refractivity contribution >= 4 is 29.1 Å². The largest absolute Gasteiger partial charge is 0.348 e. The molecule has 0 bridgehead atoms. The smallest absolute Gasteiger partial charge is 0.251 e. The van der Waals surface area contributed by atoms with Crippen LogP contribution >= 0.6 is 11.6 Å². The quantitative estimate of drug-likeness (QED) is 0.907. The molecule has 0 aliphatic rings. The second-order valence-electron chi connectivity index (χ2n) is 4.69. The number of rotatable bonds is 4. The van der Waals surface area contributed by atoms with Crippen molar-refractivity contribution in [2.75, 3.05) is 5.32 Å². The summed E-state index contributed by atoms with van der Waals surface area (Å²) in [5.74, 6) is -0.939. The zero-order valence-corrected chi connectivity index (χ0v) is 12.6. The van der Waals surface area contributed by atoms with Crippen molar-refractivity contribution in [3.63, 3.8) is 0 Å². The molecule has 0 fully saturated rings. The van der Waals surface area contributed by atoms with Crippen molar-refractivity contribution in [1.82, 2.24) is 5.32 Å². The predicted octanol–water partition coefficient (Wildman–Crippen LogP) is 3.37. The van der Waals surface area contributed by atoms with Gasteiger partial charge in [0.1, 0.15) is 5.82 Å². The normalized spacial score (nSPS) is 10.1. The molecule has 2 N–H and O–H groups in total. The Labute approximate surface area is 132 Å². The molecule has 4 nitrogen and oxygen atoms in total. The van der Waals surface area contributed by atoms with E-state index in [-0.39, 0.29) is 23.4 Å². The van der Waals surface area contributed by atoms with Gasteiger partial charge in [0, 0.05) is 24.7 Å². The van der Waals surface area contributed by atoms with Crippen LogP contribution in [0.4, 0.5) is 10.1 Å². The van der Waals surface area contributed by atoms with Gasteiger partial charge in [-0.05, 0) is 42.0 Å². The van der Waals surface area contributed by atoms with Gasteiger partial charge in [0.05, 0.1) is 5.02 Å². The molecular weight excluding hydrogens is 307 g/mol. The number of carbonyl (C=O) groups is 2. The average Bonchev–Trinajstić information content (AvgIpc) is 2.48. The highest BCUT2D eigenvalue weighted by atomic mass is 35.5. The molecule has 2 aromatic carbocycles. The molecule has 0 aliphatic carbocycles. The molecule has 6 heteroatoms. The van der Waals surface area contributed by atoms with E-state index in [2.05, 4.69) is 10.6 Å². The molecule has 22 heavy (non-hydrogen) atoms. The fraction of sp³-hybridized carbons (Fsp3) is 0.125. The van der Waals surface area contributed by atoms with Gasteiger partial charge < -0.3 is 10.6 Å². The minimum Gasteiger partial charge on any atom is -0.348 e. The van der Waals surface area contributed by atoms with Gasteiger partial charge in [0.2, 0.25) is 5.91 Å².